The largest absolute Gasteiger partial charge is 0.484 e. The second-order valence-electron chi connectivity index (χ2n) is 4.17. The molecule has 1 heterocycles. The number of carbonyl (C=O) groups is 1. The molecular weight excluding hydrogens is 240 g/mol. The minimum Gasteiger partial charge on any atom is -0.484 e. The average Bonchev–Trinajstić information content (AvgIpc) is 2.47. The lowest BCUT2D eigenvalue weighted by Gasteiger charge is -2.14. The molecule has 0 spiro atoms. The third-order valence-corrected chi connectivity index (χ3v) is 2.70. The first-order valence-corrected chi connectivity index (χ1v) is 6.13. The Balaban J connectivity index is 1.82. The van der Waals surface area contributed by atoms with Gasteiger partial charge in [-0.1, -0.05) is 18.2 Å². The van der Waals surface area contributed by atoms with Crippen LogP contribution in [-0.2, 0) is 4.79 Å². The van der Waals surface area contributed by atoms with E-state index >= 15 is 0 Å². The van der Waals surface area contributed by atoms with Crippen LogP contribution in [0.3, 0.4) is 0 Å². The highest BCUT2D eigenvalue weighted by Crippen LogP contribution is 2.11. The third-order valence-electron chi connectivity index (χ3n) is 2.70. The smallest absolute Gasteiger partial charge is 0.258 e. The normalized spacial score (nSPS) is 11.6. The minimum atomic E-state index is -0.145. The second kappa shape index (κ2) is 6.54. The highest BCUT2D eigenvalue weighted by atomic mass is 16.5. The maximum absolute atomic E-state index is 11.7. The van der Waals surface area contributed by atoms with E-state index in [0.717, 1.165) is 5.56 Å². The number of benzene rings is 1. The zero-order valence-electron chi connectivity index (χ0n) is 10.7. The molecule has 4 nitrogen and oxygen atoms in total. The van der Waals surface area contributed by atoms with Crippen LogP contribution in [0.2, 0.25) is 0 Å². The summed E-state index contributed by atoms with van der Waals surface area (Å²) in [5.74, 6) is 0.544. The molecule has 1 amide bonds. The Labute approximate surface area is 112 Å². The van der Waals surface area contributed by atoms with Crippen LogP contribution in [-0.4, -0.2) is 17.5 Å². The molecule has 0 aliphatic carbocycles. The van der Waals surface area contributed by atoms with Crippen LogP contribution in [0, 0.1) is 0 Å². The molecule has 98 valence electrons. The van der Waals surface area contributed by atoms with E-state index in [1.165, 1.54) is 0 Å². The molecule has 1 N–H and O–H groups in total. The molecule has 0 bridgehead atoms. The maximum Gasteiger partial charge on any atom is 0.258 e. The molecule has 0 radical (unpaired) electrons. The first-order chi connectivity index (χ1) is 9.25. The summed E-state index contributed by atoms with van der Waals surface area (Å²) in [7, 11) is 0. The number of nitrogens with zero attached hydrogens (tertiary/aromatic N) is 1. The molecule has 0 saturated heterocycles. The Morgan fingerprint density at radius 1 is 1.21 bits per heavy atom. The number of rotatable bonds is 5. The van der Waals surface area contributed by atoms with Crippen molar-refractivity contribution in [2.24, 2.45) is 0 Å². The van der Waals surface area contributed by atoms with Gasteiger partial charge in [-0.25, -0.2) is 0 Å². The van der Waals surface area contributed by atoms with Gasteiger partial charge in [0.15, 0.2) is 6.61 Å². The number of aromatic nitrogens is 1. The summed E-state index contributed by atoms with van der Waals surface area (Å²) >= 11 is 0. The Morgan fingerprint density at radius 3 is 2.58 bits per heavy atom. The van der Waals surface area contributed by atoms with Gasteiger partial charge < -0.3 is 10.1 Å². The van der Waals surface area contributed by atoms with Crippen LogP contribution in [0.4, 0.5) is 0 Å². The van der Waals surface area contributed by atoms with Crippen LogP contribution >= 0.6 is 0 Å². The highest BCUT2D eigenvalue weighted by molar-refractivity contribution is 5.78. The number of carbonyl (C=O) groups excluding carboxylic acids is 1. The summed E-state index contributed by atoms with van der Waals surface area (Å²) in [6.45, 7) is 1.94. The second-order valence-corrected chi connectivity index (χ2v) is 4.17. The molecule has 1 aromatic heterocycles. The zero-order valence-corrected chi connectivity index (χ0v) is 10.7. The van der Waals surface area contributed by atoms with Crippen molar-refractivity contribution in [2.45, 2.75) is 13.0 Å². The Kier molecular flexibility index (Phi) is 4.50. The molecule has 1 unspecified atom stereocenters. The molecule has 0 saturated carbocycles. The fraction of sp³-hybridized carbons (Fsp3) is 0.200. The van der Waals surface area contributed by atoms with Gasteiger partial charge in [0.2, 0.25) is 0 Å². The summed E-state index contributed by atoms with van der Waals surface area (Å²) in [6.07, 6.45) is 3.41. The summed E-state index contributed by atoms with van der Waals surface area (Å²) in [6, 6.07) is 13.0. The Bertz CT molecular complexity index is 514. The van der Waals surface area contributed by atoms with Gasteiger partial charge in [-0.2, -0.15) is 0 Å². The maximum atomic E-state index is 11.7. The van der Waals surface area contributed by atoms with Gasteiger partial charge in [0.1, 0.15) is 5.75 Å². The lowest BCUT2D eigenvalue weighted by Crippen LogP contribution is -2.31. The van der Waals surface area contributed by atoms with E-state index in [0.29, 0.717) is 5.75 Å². The van der Waals surface area contributed by atoms with E-state index in [2.05, 4.69) is 10.3 Å². The van der Waals surface area contributed by atoms with Crippen LogP contribution < -0.4 is 10.1 Å². The van der Waals surface area contributed by atoms with Gasteiger partial charge in [0, 0.05) is 12.4 Å². The Morgan fingerprint density at radius 2 is 1.89 bits per heavy atom. The SMILES string of the molecule is CC(NC(=O)COc1ccccc1)c1ccncc1. The number of amides is 1. The van der Waals surface area contributed by atoms with Crippen molar-refractivity contribution in [3.05, 3.63) is 60.4 Å². The molecular formula is C15H16N2O2. The minimum absolute atomic E-state index is 0.0133. The zero-order chi connectivity index (χ0) is 13.5. The fourth-order valence-corrected chi connectivity index (χ4v) is 1.68. The highest BCUT2D eigenvalue weighted by Gasteiger charge is 2.09. The molecule has 4 heteroatoms. The fourth-order valence-electron chi connectivity index (χ4n) is 1.68. The first kappa shape index (κ1) is 13.1. The molecule has 0 aliphatic rings. The van der Waals surface area contributed by atoms with Crippen LogP contribution in [0.5, 0.6) is 5.75 Å². The average molecular weight is 256 g/mol. The van der Waals surface area contributed by atoms with Gasteiger partial charge in [-0.05, 0) is 36.8 Å². The van der Waals surface area contributed by atoms with Crippen molar-refractivity contribution in [2.75, 3.05) is 6.61 Å². The first-order valence-electron chi connectivity index (χ1n) is 6.13. The number of pyridine rings is 1. The molecule has 2 aromatic rings. The van der Waals surface area contributed by atoms with E-state index in [-0.39, 0.29) is 18.6 Å². The van der Waals surface area contributed by atoms with E-state index in [9.17, 15) is 4.79 Å². The summed E-state index contributed by atoms with van der Waals surface area (Å²) in [4.78, 5) is 15.7. The monoisotopic (exact) mass is 256 g/mol. The lowest BCUT2D eigenvalue weighted by atomic mass is 10.1. The van der Waals surface area contributed by atoms with Crippen LogP contribution in [0.25, 0.3) is 0 Å². The van der Waals surface area contributed by atoms with Crippen molar-refractivity contribution in [3.8, 4) is 5.75 Å². The predicted octanol–water partition coefficient (Wildman–Crippen LogP) is 2.34. The third kappa shape index (κ3) is 4.10. The van der Waals surface area contributed by atoms with E-state index < -0.39 is 0 Å². The molecule has 1 atom stereocenters. The van der Waals surface area contributed by atoms with E-state index in [1.54, 1.807) is 12.4 Å². The number of nitrogens with one attached hydrogen (secondary N) is 1. The van der Waals surface area contributed by atoms with Gasteiger partial charge in [-0.3, -0.25) is 9.78 Å². The van der Waals surface area contributed by atoms with Gasteiger partial charge in [0.05, 0.1) is 6.04 Å². The number of hydrogen-bond donors (Lipinski definition) is 1. The van der Waals surface area contributed by atoms with Crippen LogP contribution in [0.1, 0.15) is 18.5 Å². The molecule has 1 aromatic carbocycles. The summed E-state index contributed by atoms with van der Waals surface area (Å²) in [5.41, 5.74) is 1.02. The molecule has 0 fully saturated rings. The Hall–Kier alpha value is -2.36. The van der Waals surface area contributed by atoms with Crippen molar-refractivity contribution < 1.29 is 9.53 Å². The van der Waals surface area contributed by atoms with Crippen LogP contribution in [0.15, 0.2) is 54.9 Å². The predicted molar refractivity (Wildman–Crippen MR) is 72.7 cm³/mol. The van der Waals surface area contributed by atoms with E-state index in [4.69, 9.17) is 4.74 Å². The van der Waals surface area contributed by atoms with E-state index in [1.807, 2.05) is 49.4 Å². The van der Waals surface area contributed by atoms with Crippen molar-refractivity contribution in [3.63, 3.8) is 0 Å². The van der Waals surface area contributed by atoms with Crippen molar-refractivity contribution in [1.82, 2.24) is 10.3 Å². The molecule has 19 heavy (non-hydrogen) atoms. The number of para-hydroxylation sites is 1. The number of ether oxygens (including phenoxy) is 1. The lowest BCUT2D eigenvalue weighted by molar-refractivity contribution is -0.123. The van der Waals surface area contributed by atoms with Gasteiger partial charge in [-0.15, -0.1) is 0 Å². The van der Waals surface area contributed by atoms with Gasteiger partial charge >= 0.3 is 0 Å². The number of hydrogen-bond acceptors (Lipinski definition) is 3. The quantitative estimate of drug-likeness (QED) is 0.893. The van der Waals surface area contributed by atoms with Crippen molar-refractivity contribution >= 4 is 5.91 Å². The summed E-state index contributed by atoms with van der Waals surface area (Å²) < 4.78 is 5.38. The topological polar surface area (TPSA) is 51.2 Å². The standard InChI is InChI=1S/C15H16N2O2/c1-12(13-7-9-16-10-8-13)17-15(18)11-19-14-5-3-2-4-6-14/h2-10,12H,11H2,1H3,(H,17,18). The van der Waals surface area contributed by atoms with Gasteiger partial charge in [0.25, 0.3) is 5.91 Å². The molecule has 2 rings (SSSR count). The summed E-state index contributed by atoms with van der Waals surface area (Å²) in [5, 5.41) is 2.87. The molecule has 0 aliphatic heterocycles. The van der Waals surface area contributed by atoms with Crippen molar-refractivity contribution in [1.29, 1.82) is 0 Å².